The summed E-state index contributed by atoms with van der Waals surface area (Å²) in [5, 5.41) is 0. The quantitative estimate of drug-likeness (QED) is 0.803. The van der Waals surface area contributed by atoms with E-state index in [2.05, 4.69) is 23.3 Å². The molecule has 1 fully saturated rings. The summed E-state index contributed by atoms with van der Waals surface area (Å²) in [5.41, 5.74) is 1.28. The number of carbonyl (C=O) groups is 1. The maximum Gasteiger partial charge on any atom is 0.310 e. The zero-order valence-corrected chi connectivity index (χ0v) is 13.9. The molecule has 2 aliphatic heterocycles. The van der Waals surface area contributed by atoms with Crippen LogP contribution in [0.25, 0.3) is 0 Å². The number of aryl methyl sites for hydroxylation is 1. The molecule has 0 N–H and O–H groups in total. The average Bonchev–Trinajstić information content (AvgIpc) is 2.97. The van der Waals surface area contributed by atoms with E-state index in [9.17, 15) is 4.79 Å². The molecule has 2 aliphatic rings. The number of piperidine rings is 1. The molecule has 0 aromatic carbocycles. The SMILES string of the molecule is COC(=O)C1CCc2cnc(C3CCN(C(C)C)CC3)n2C1. The number of nitrogens with zero attached hydrogens (tertiary/aromatic N) is 3. The van der Waals surface area contributed by atoms with Gasteiger partial charge in [0.2, 0.25) is 0 Å². The lowest BCUT2D eigenvalue weighted by Crippen LogP contribution is -2.38. The number of hydrogen-bond donors (Lipinski definition) is 0. The van der Waals surface area contributed by atoms with E-state index < -0.39 is 0 Å². The molecule has 0 aliphatic carbocycles. The normalized spacial score (nSPS) is 23.5. The molecule has 3 rings (SSSR count). The molecule has 122 valence electrons. The van der Waals surface area contributed by atoms with E-state index in [0.717, 1.165) is 45.3 Å². The topological polar surface area (TPSA) is 47.4 Å². The second-order valence-corrected chi connectivity index (χ2v) is 6.88. The third kappa shape index (κ3) is 2.91. The van der Waals surface area contributed by atoms with E-state index in [1.165, 1.54) is 18.6 Å². The summed E-state index contributed by atoms with van der Waals surface area (Å²) < 4.78 is 7.22. The van der Waals surface area contributed by atoms with Gasteiger partial charge in [0, 0.05) is 30.4 Å². The average molecular weight is 305 g/mol. The number of imidazole rings is 1. The Labute approximate surface area is 132 Å². The molecule has 1 aromatic rings. The van der Waals surface area contributed by atoms with Crippen molar-refractivity contribution in [2.75, 3.05) is 20.2 Å². The van der Waals surface area contributed by atoms with Gasteiger partial charge in [-0.1, -0.05) is 0 Å². The summed E-state index contributed by atoms with van der Waals surface area (Å²) >= 11 is 0. The zero-order valence-electron chi connectivity index (χ0n) is 13.9. The third-order valence-corrected chi connectivity index (χ3v) is 5.28. The van der Waals surface area contributed by atoms with Crippen molar-refractivity contribution < 1.29 is 9.53 Å². The van der Waals surface area contributed by atoms with Gasteiger partial charge in [0.25, 0.3) is 0 Å². The van der Waals surface area contributed by atoms with E-state index in [1.54, 1.807) is 0 Å². The Balaban J connectivity index is 1.72. The lowest BCUT2D eigenvalue weighted by Gasteiger charge is -2.35. The van der Waals surface area contributed by atoms with Crippen LogP contribution in [0.15, 0.2) is 6.20 Å². The summed E-state index contributed by atoms with van der Waals surface area (Å²) in [7, 11) is 1.48. The zero-order chi connectivity index (χ0) is 15.7. The van der Waals surface area contributed by atoms with Gasteiger partial charge in [0.1, 0.15) is 5.82 Å². The van der Waals surface area contributed by atoms with Crippen LogP contribution in [0, 0.1) is 5.92 Å². The lowest BCUT2D eigenvalue weighted by molar-refractivity contribution is -0.146. The first-order valence-corrected chi connectivity index (χ1v) is 8.46. The minimum Gasteiger partial charge on any atom is -0.469 e. The first-order chi connectivity index (χ1) is 10.6. The van der Waals surface area contributed by atoms with Crippen LogP contribution >= 0.6 is 0 Å². The van der Waals surface area contributed by atoms with E-state index in [-0.39, 0.29) is 11.9 Å². The van der Waals surface area contributed by atoms with Crippen LogP contribution in [0.1, 0.15) is 50.5 Å². The number of ether oxygens (including phenoxy) is 1. The standard InChI is InChI=1S/C17H27N3O2/c1-12(2)19-8-6-13(7-9-19)16-18-10-15-5-4-14(11-20(15)16)17(21)22-3/h10,12-14H,4-9,11H2,1-3H3. The fraction of sp³-hybridized carbons (Fsp3) is 0.765. The van der Waals surface area contributed by atoms with Gasteiger partial charge < -0.3 is 14.2 Å². The summed E-state index contributed by atoms with van der Waals surface area (Å²) in [6.45, 7) is 7.55. The monoisotopic (exact) mass is 305 g/mol. The number of methoxy groups -OCH3 is 1. The van der Waals surface area contributed by atoms with Gasteiger partial charge in [-0.15, -0.1) is 0 Å². The number of rotatable bonds is 3. The minimum atomic E-state index is -0.0834. The van der Waals surface area contributed by atoms with Crippen LogP contribution in [0.4, 0.5) is 0 Å². The van der Waals surface area contributed by atoms with E-state index in [0.29, 0.717) is 12.0 Å². The summed E-state index contributed by atoms with van der Waals surface area (Å²) in [6, 6.07) is 0.624. The molecular formula is C17H27N3O2. The molecule has 1 aromatic heterocycles. The fourth-order valence-electron chi connectivity index (χ4n) is 3.83. The van der Waals surface area contributed by atoms with Crippen LogP contribution in [0.2, 0.25) is 0 Å². The van der Waals surface area contributed by atoms with Crippen molar-refractivity contribution in [3.8, 4) is 0 Å². The van der Waals surface area contributed by atoms with E-state index >= 15 is 0 Å². The second-order valence-electron chi connectivity index (χ2n) is 6.88. The summed E-state index contributed by atoms with van der Waals surface area (Å²) in [4.78, 5) is 19.1. The third-order valence-electron chi connectivity index (χ3n) is 5.28. The van der Waals surface area contributed by atoms with Gasteiger partial charge in [-0.2, -0.15) is 0 Å². The van der Waals surface area contributed by atoms with Crippen LogP contribution < -0.4 is 0 Å². The summed E-state index contributed by atoms with van der Waals surface area (Å²) in [5.74, 6) is 1.62. The highest BCUT2D eigenvalue weighted by atomic mass is 16.5. The fourth-order valence-corrected chi connectivity index (χ4v) is 3.83. The summed E-state index contributed by atoms with van der Waals surface area (Å²) in [6.07, 6.45) is 6.15. The molecule has 0 bridgehead atoms. The van der Waals surface area contributed by atoms with Crippen LogP contribution in [0.3, 0.4) is 0 Å². The van der Waals surface area contributed by atoms with Crippen molar-refractivity contribution in [1.82, 2.24) is 14.5 Å². The highest BCUT2D eigenvalue weighted by Gasteiger charge is 2.31. The highest BCUT2D eigenvalue weighted by molar-refractivity contribution is 5.72. The predicted molar refractivity (Wildman–Crippen MR) is 84.7 cm³/mol. The van der Waals surface area contributed by atoms with Gasteiger partial charge in [-0.25, -0.2) is 4.98 Å². The number of esters is 1. The predicted octanol–water partition coefficient (Wildman–Crippen LogP) is 2.21. The van der Waals surface area contributed by atoms with E-state index in [4.69, 9.17) is 9.72 Å². The molecule has 0 amide bonds. The van der Waals surface area contributed by atoms with Crippen molar-refractivity contribution in [3.05, 3.63) is 17.7 Å². The van der Waals surface area contributed by atoms with Crippen LogP contribution in [0.5, 0.6) is 0 Å². The number of aromatic nitrogens is 2. The maximum atomic E-state index is 11.8. The number of likely N-dealkylation sites (tertiary alicyclic amines) is 1. The van der Waals surface area contributed by atoms with Gasteiger partial charge in [-0.3, -0.25) is 4.79 Å². The Morgan fingerprint density at radius 3 is 2.68 bits per heavy atom. The molecule has 0 radical (unpaired) electrons. The van der Waals surface area contributed by atoms with Crippen LogP contribution in [-0.2, 0) is 22.5 Å². The number of carbonyl (C=O) groups excluding carboxylic acids is 1. The van der Waals surface area contributed by atoms with Gasteiger partial charge in [-0.05, 0) is 52.6 Å². The molecule has 0 spiro atoms. The molecule has 1 saturated heterocycles. The molecule has 1 unspecified atom stereocenters. The molecular weight excluding hydrogens is 278 g/mol. The van der Waals surface area contributed by atoms with Crippen molar-refractivity contribution >= 4 is 5.97 Å². The smallest absolute Gasteiger partial charge is 0.310 e. The Kier molecular flexibility index (Phi) is 4.52. The van der Waals surface area contributed by atoms with Crippen molar-refractivity contribution in [1.29, 1.82) is 0 Å². The lowest BCUT2D eigenvalue weighted by atomic mass is 9.93. The van der Waals surface area contributed by atoms with Crippen molar-refractivity contribution in [3.63, 3.8) is 0 Å². The Hall–Kier alpha value is -1.36. The van der Waals surface area contributed by atoms with E-state index in [1.807, 2.05) is 6.20 Å². The Morgan fingerprint density at radius 1 is 1.32 bits per heavy atom. The van der Waals surface area contributed by atoms with Crippen molar-refractivity contribution in [2.45, 2.75) is 58.0 Å². The van der Waals surface area contributed by atoms with Crippen molar-refractivity contribution in [2.24, 2.45) is 5.92 Å². The molecule has 22 heavy (non-hydrogen) atoms. The molecule has 1 atom stereocenters. The highest BCUT2D eigenvalue weighted by Crippen LogP contribution is 2.31. The minimum absolute atomic E-state index is 0.0128. The van der Waals surface area contributed by atoms with Gasteiger partial charge in [0.15, 0.2) is 0 Å². The second kappa shape index (κ2) is 6.41. The first kappa shape index (κ1) is 15.5. The molecule has 0 saturated carbocycles. The number of hydrogen-bond acceptors (Lipinski definition) is 4. The maximum absolute atomic E-state index is 11.8. The van der Waals surface area contributed by atoms with Gasteiger partial charge in [0.05, 0.1) is 13.0 Å². The Morgan fingerprint density at radius 2 is 2.05 bits per heavy atom. The number of fused-ring (bicyclic) bond motifs is 1. The first-order valence-electron chi connectivity index (χ1n) is 8.46. The molecule has 5 nitrogen and oxygen atoms in total. The molecule has 3 heterocycles. The largest absolute Gasteiger partial charge is 0.469 e. The van der Waals surface area contributed by atoms with Gasteiger partial charge >= 0.3 is 5.97 Å². The molecule has 5 heteroatoms. The van der Waals surface area contributed by atoms with Crippen LogP contribution in [-0.4, -0.2) is 46.7 Å². The Bertz CT molecular complexity index is 530.